The normalized spacial score (nSPS) is 13.7. The molecule has 8 rings (SSSR count). The lowest BCUT2D eigenvalue weighted by atomic mass is 9.77. The van der Waals surface area contributed by atoms with Crippen molar-refractivity contribution in [3.8, 4) is 16.8 Å². The average molecular weight is 532 g/mol. The maximum Gasteiger partial charge on any atom is 0.0548 e. The van der Waals surface area contributed by atoms with Gasteiger partial charge >= 0.3 is 0 Å². The molecule has 0 aliphatic heterocycles. The number of thiophene rings is 1. The molecule has 0 bridgehead atoms. The topological polar surface area (TPSA) is 4.93 Å². The Morgan fingerprint density at radius 3 is 2.30 bits per heavy atom. The van der Waals surface area contributed by atoms with Crippen molar-refractivity contribution in [1.82, 2.24) is 4.57 Å². The van der Waals surface area contributed by atoms with E-state index in [1.165, 1.54) is 69.9 Å². The molecule has 0 unspecified atom stereocenters. The molecule has 1 nitrogen and oxygen atoms in total. The number of hydrogen-bond donors (Lipinski definition) is 0. The summed E-state index contributed by atoms with van der Waals surface area (Å²) in [7, 11) is 0. The minimum atomic E-state index is -0.0322. The van der Waals surface area contributed by atoms with E-state index >= 15 is 0 Å². The summed E-state index contributed by atoms with van der Waals surface area (Å²) in [4.78, 5) is 0. The molecule has 0 amide bonds. The minimum absolute atomic E-state index is 0.0322. The predicted octanol–water partition coefficient (Wildman–Crippen LogP) is 11.0. The summed E-state index contributed by atoms with van der Waals surface area (Å²) in [5.41, 5.74) is 8.98. The second-order valence-corrected chi connectivity index (χ2v) is 12.5. The second kappa shape index (κ2) is 8.81. The van der Waals surface area contributed by atoms with Gasteiger partial charge in [-0.15, -0.1) is 11.3 Å². The van der Waals surface area contributed by atoms with Gasteiger partial charge in [-0.2, -0.15) is 0 Å². The summed E-state index contributed by atoms with van der Waals surface area (Å²) >= 11 is 1.89. The third-order valence-electron chi connectivity index (χ3n) is 8.77. The van der Waals surface area contributed by atoms with Crippen LogP contribution in [0.4, 0.5) is 0 Å². The van der Waals surface area contributed by atoms with Crippen molar-refractivity contribution in [2.45, 2.75) is 25.7 Å². The predicted molar refractivity (Wildman–Crippen MR) is 174 cm³/mol. The van der Waals surface area contributed by atoms with Gasteiger partial charge in [0.05, 0.1) is 11.0 Å². The first-order valence-electron chi connectivity index (χ1n) is 14.0. The van der Waals surface area contributed by atoms with Crippen LogP contribution in [0.5, 0.6) is 0 Å². The van der Waals surface area contributed by atoms with Gasteiger partial charge in [-0.25, -0.2) is 0 Å². The van der Waals surface area contributed by atoms with Gasteiger partial charge in [-0.1, -0.05) is 104 Å². The molecule has 0 saturated carbocycles. The molecule has 40 heavy (non-hydrogen) atoms. The average Bonchev–Trinajstić information content (AvgIpc) is 3.73. The number of rotatable bonds is 4. The summed E-state index contributed by atoms with van der Waals surface area (Å²) in [5.74, 6) is 0. The van der Waals surface area contributed by atoms with Crippen LogP contribution in [0.15, 0.2) is 133 Å². The van der Waals surface area contributed by atoms with E-state index in [4.69, 9.17) is 0 Å². The maximum atomic E-state index is 2.48. The van der Waals surface area contributed by atoms with Crippen LogP contribution in [-0.2, 0) is 5.41 Å². The molecule has 2 aromatic heterocycles. The fraction of sp³-hybridized carbons (Fsp3) is 0.105. The molecule has 192 valence electrons. The van der Waals surface area contributed by atoms with Gasteiger partial charge in [0.2, 0.25) is 0 Å². The fourth-order valence-corrected chi connectivity index (χ4v) is 7.58. The van der Waals surface area contributed by atoms with Crippen LogP contribution in [0.2, 0.25) is 0 Å². The van der Waals surface area contributed by atoms with E-state index in [0.717, 1.165) is 6.42 Å². The van der Waals surface area contributed by atoms with E-state index in [2.05, 4.69) is 146 Å². The highest BCUT2D eigenvalue weighted by molar-refractivity contribution is 7.25. The van der Waals surface area contributed by atoms with E-state index in [0.29, 0.717) is 0 Å². The molecule has 2 heterocycles. The number of allylic oxidation sites excluding steroid dienone is 4. The summed E-state index contributed by atoms with van der Waals surface area (Å²) in [6.45, 7) is 4.70. The SMILES string of the molecule is CC(C)(C1=CC=CC1)c1cccc(-n2c3ccc(-c4ccccc4)cc3c3cc4sc5ccccc5c4cc32)c1. The number of benzene rings is 5. The van der Waals surface area contributed by atoms with Gasteiger partial charge in [0.15, 0.2) is 0 Å². The Hall–Kier alpha value is -4.40. The van der Waals surface area contributed by atoms with Crippen molar-refractivity contribution in [2.24, 2.45) is 0 Å². The third kappa shape index (κ3) is 3.53. The zero-order valence-corrected chi connectivity index (χ0v) is 23.5. The Balaban J connectivity index is 1.43. The van der Waals surface area contributed by atoms with Gasteiger partial charge in [-0.3, -0.25) is 0 Å². The third-order valence-corrected chi connectivity index (χ3v) is 9.90. The van der Waals surface area contributed by atoms with Crippen LogP contribution in [0, 0.1) is 0 Å². The first kappa shape index (κ1) is 23.5. The number of fused-ring (bicyclic) bond motifs is 6. The fourth-order valence-electron chi connectivity index (χ4n) is 6.46. The molecule has 1 aliphatic carbocycles. The van der Waals surface area contributed by atoms with Crippen LogP contribution in [0.3, 0.4) is 0 Å². The van der Waals surface area contributed by atoms with Crippen LogP contribution in [-0.4, -0.2) is 4.57 Å². The van der Waals surface area contributed by atoms with Gasteiger partial charge < -0.3 is 4.57 Å². The molecule has 2 heteroatoms. The van der Waals surface area contributed by atoms with Crippen LogP contribution in [0.25, 0.3) is 58.8 Å². The molecule has 0 radical (unpaired) electrons. The van der Waals surface area contributed by atoms with E-state index in [1.807, 2.05) is 11.3 Å². The highest BCUT2D eigenvalue weighted by Crippen LogP contribution is 2.42. The van der Waals surface area contributed by atoms with E-state index < -0.39 is 0 Å². The summed E-state index contributed by atoms with van der Waals surface area (Å²) in [6, 6.07) is 40.5. The first-order chi connectivity index (χ1) is 19.6. The molecule has 0 spiro atoms. The molecule has 0 N–H and O–H groups in total. The van der Waals surface area contributed by atoms with Crippen LogP contribution in [0.1, 0.15) is 25.8 Å². The Labute approximate surface area is 238 Å². The van der Waals surface area contributed by atoms with Crippen LogP contribution < -0.4 is 0 Å². The van der Waals surface area contributed by atoms with Crippen molar-refractivity contribution in [3.63, 3.8) is 0 Å². The van der Waals surface area contributed by atoms with Gasteiger partial charge in [0, 0.05) is 42.0 Å². The number of nitrogens with zero attached hydrogens (tertiary/aromatic N) is 1. The molecule has 5 aromatic carbocycles. The van der Waals surface area contributed by atoms with Crippen molar-refractivity contribution >= 4 is 53.3 Å². The van der Waals surface area contributed by atoms with Gasteiger partial charge in [-0.05, 0) is 65.6 Å². The Bertz CT molecular complexity index is 2150. The highest BCUT2D eigenvalue weighted by atomic mass is 32.1. The highest BCUT2D eigenvalue weighted by Gasteiger charge is 2.26. The Morgan fingerprint density at radius 1 is 0.625 bits per heavy atom. The smallest absolute Gasteiger partial charge is 0.0548 e. The molecular formula is C38H29NS. The molecule has 0 fully saturated rings. The number of aromatic nitrogens is 1. The lowest BCUT2D eigenvalue weighted by Gasteiger charge is -2.28. The zero-order valence-electron chi connectivity index (χ0n) is 22.7. The number of hydrogen-bond acceptors (Lipinski definition) is 1. The summed E-state index contributed by atoms with van der Waals surface area (Å²) in [6.07, 6.45) is 7.76. The molecule has 7 aromatic rings. The van der Waals surface area contributed by atoms with E-state index in [1.54, 1.807) is 0 Å². The van der Waals surface area contributed by atoms with Crippen molar-refractivity contribution in [3.05, 3.63) is 139 Å². The van der Waals surface area contributed by atoms with Crippen LogP contribution >= 0.6 is 11.3 Å². The Kier molecular flexibility index (Phi) is 5.17. The van der Waals surface area contributed by atoms with Crippen molar-refractivity contribution in [2.75, 3.05) is 0 Å². The lowest BCUT2D eigenvalue weighted by Crippen LogP contribution is -2.19. The molecule has 0 atom stereocenters. The quantitative estimate of drug-likeness (QED) is 0.213. The van der Waals surface area contributed by atoms with Crippen molar-refractivity contribution < 1.29 is 0 Å². The standard InChI is InChI=1S/C38H29NS/c1-38(2,27-13-6-7-14-27)28-15-10-16-29(22-28)39-34-20-19-26(25-11-4-3-5-12-25)21-31(34)32-24-37-33(23-35(32)39)30-17-8-9-18-36(30)40-37/h3-13,15-24H,14H2,1-2H3. The monoisotopic (exact) mass is 531 g/mol. The molecule has 1 aliphatic rings. The van der Waals surface area contributed by atoms with E-state index in [9.17, 15) is 0 Å². The molecule has 0 saturated heterocycles. The van der Waals surface area contributed by atoms with E-state index in [-0.39, 0.29) is 5.41 Å². The summed E-state index contributed by atoms with van der Waals surface area (Å²) < 4.78 is 5.16. The van der Waals surface area contributed by atoms with Gasteiger partial charge in [0.1, 0.15) is 0 Å². The maximum absolute atomic E-state index is 2.48. The minimum Gasteiger partial charge on any atom is -0.309 e. The molecular weight excluding hydrogens is 502 g/mol. The van der Waals surface area contributed by atoms with Gasteiger partial charge in [0.25, 0.3) is 0 Å². The zero-order chi connectivity index (χ0) is 26.8. The lowest BCUT2D eigenvalue weighted by molar-refractivity contribution is 0.613. The largest absolute Gasteiger partial charge is 0.309 e. The summed E-state index contributed by atoms with van der Waals surface area (Å²) in [5, 5.41) is 5.27. The Morgan fingerprint density at radius 2 is 1.45 bits per heavy atom. The second-order valence-electron chi connectivity index (χ2n) is 11.4. The van der Waals surface area contributed by atoms with Crippen molar-refractivity contribution in [1.29, 1.82) is 0 Å². The first-order valence-corrected chi connectivity index (χ1v) is 14.8.